The van der Waals surface area contributed by atoms with Crippen molar-refractivity contribution in [3.63, 3.8) is 0 Å². The Bertz CT molecular complexity index is 700. The minimum absolute atomic E-state index is 0.00582. The quantitative estimate of drug-likeness (QED) is 0.542. The molecule has 2 aromatic rings. The monoisotopic (exact) mass is 389 g/mol. The van der Waals surface area contributed by atoms with Crippen LogP contribution in [0, 0.1) is 0 Å². The molecule has 0 bridgehead atoms. The fourth-order valence-corrected chi connectivity index (χ4v) is 2.46. The highest BCUT2D eigenvalue weighted by molar-refractivity contribution is 5.75. The lowest BCUT2D eigenvalue weighted by molar-refractivity contribution is -0.121. The summed E-state index contributed by atoms with van der Waals surface area (Å²) in [6.07, 6.45) is 0.0473. The van der Waals surface area contributed by atoms with Crippen molar-refractivity contribution in [3.8, 4) is 23.0 Å². The molecule has 2 aromatic carbocycles. The Morgan fingerprint density at radius 3 is 2.32 bits per heavy atom. The first-order valence-electron chi connectivity index (χ1n) is 9.10. The topological polar surface area (TPSA) is 86.3 Å². The Morgan fingerprint density at radius 2 is 1.68 bits per heavy atom. The van der Waals surface area contributed by atoms with E-state index >= 15 is 0 Å². The molecule has 0 fully saturated rings. The summed E-state index contributed by atoms with van der Waals surface area (Å²) >= 11 is 0. The van der Waals surface area contributed by atoms with Crippen molar-refractivity contribution in [2.45, 2.75) is 18.9 Å². The third kappa shape index (κ3) is 7.00. The number of nitrogens with one attached hydrogen (secondary N) is 1. The Kier molecular flexibility index (Phi) is 8.94. The molecule has 0 heterocycles. The standard InChI is InChI=1S/C21H27NO6/c1-25-18-10-6-11-19(26-2)21(18)28-15-16(23)14-22-20(24)12-7-13-27-17-8-4-3-5-9-17/h3-6,8-11,16,23H,7,12-15H2,1-2H3,(H,22,24). The minimum atomic E-state index is -0.862. The molecule has 1 unspecified atom stereocenters. The number of hydrogen-bond acceptors (Lipinski definition) is 6. The zero-order valence-corrected chi connectivity index (χ0v) is 16.2. The van der Waals surface area contributed by atoms with Crippen LogP contribution < -0.4 is 24.3 Å². The molecule has 152 valence electrons. The second-order valence-corrected chi connectivity index (χ2v) is 6.03. The van der Waals surface area contributed by atoms with Crippen LogP contribution >= 0.6 is 0 Å². The van der Waals surface area contributed by atoms with Gasteiger partial charge in [-0.3, -0.25) is 4.79 Å². The van der Waals surface area contributed by atoms with Crippen molar-refractivity contribution in [3.05, 3.63) is 48.5 Å². The summed E-state index contributed by atoms with van der Waals surface area (Å²) in [4.78, 5) is 11.9. The van der Waals surface area contributed by atoms with Gasteiger partial charge in [0.15, 0.2) is 11.5 Å². The molecule has 0 aliphatic heterocycles. The molecule has 0 saturated heterocycles. The van der Waals surface area contributed by atoms with Crippen molar-refractivity contribution < 1.29 is 28.8 Å². The Balaban J connectivity index is 1.65. The summed E-state index contributed by atoms with van der Waals surface area (Å²) in [5.74, 6) is 2.06. The molecule has 0 aromatic heterocycles. The van der Waals surface area contributed by atoms with Gasteiger partial charge < -0.3 is 29.4 Å². The molecule has 2 N–H and O–H groups in total. The fourth-order valence-electron chi connectivity index (χ4n) is 2.46. The van der Waals surface area contributed by atoms with E-state index in [0.717, 1.165) is 5.75 Å². The number of para-hydroxylation sites is 2. The Hall–Kier alpha value is -2.93. The number of carbonyl (C=O) groups is 1. The molecular formula is C21H27NO6. The number of aliphatic hydroxyl groups is 1. The van der Waals surface area contributed by atoms with E-state index in [1.807, 2.05) is 30.3 Å². The third-order valence-corrected chi connectivity index (χ3v) is 3.90. The van der Waals surface area contributed by atoms with Crippen LogP contribution in [0.5, 0.6) is 23.0 Å². The number of benzene rings is 2. The molecule has 28 heavy (non-hydrogen) atoms. The molecule has 1 amide bonds. The highest BCUT2D eigenvalue weighted by atomic mass is 16.5. The smallest absolute Gasteiger partial charge is 0.220 e. The first kappa shape index (κ1) is 21.4. The van der Waals surface area contributed by atoms with Crippen LogP contribution in [-0.2, 0) is 4.79 Å². The highest BCUT2D eigenvalue weighted by Crippen LogP contribution is 2.36. The van der Waals surface area contributed by atoms with Gasteiger partial charge in [-0.05, 0) is 30.7 Å². The summed E-state index contributed by atoms with van der Waals surface area (Å²) in [6.45, 7) is 0.542. The van der Waals surface area contributed by atoms with Gasteiger partial charge in [-0.1, -0.05) is 24.3 Å². The van der Waals surface area contributed by atoms with E-state index in [2.05, 4.69) is 5.32 Å². The molecule has 0 aliphatic rings. The maximum Gasteiger partial charge on any atom is 0.220 e. The summed E-state index contributed by atoms with van der Waals surface area (Å²) in [5.41, 5.74) is 0. The summed E-state index contributed by atoms with van der Waals surface area (Å²) in [6, 6.07) is 14.7. The number of carbonyl (C=O) groups excluding carboxylic acids is 1. The average Bonchev–Trinajstić information content (AvgIpc) is 2.74. The van der Waals surface area contributed by atoms with Crippen molar-refractivity contribution in [1.29, 1.82) is 0 Å². The van der Waals surface area contributed by atoms with Crippen LogP contribution in [0.2, 0.25) is 0 Å². The van der Waals surface area contributed by atoms with Crippen LogP contribution in [0.4, 0.5) is 0 Å². The molecule has 0 aliphatic carbocycles. The third-order valence-electron chi connectivity index (χ3n) is 3.90. The van der Waals surface area contributed by atoms with Crippen LogP contribution in [0.3, 0.4) is 0 Å². The SMILES string of the molecule is COc1cccc(OC)c1OCC(O)CNC(=O)CCCOc1ccccc1. The van der Waals surface area contributed by atoms with E-state index in [-0.39, 0.29) is 19.1 Å². The van der Waals surface area contributed by atoms with E-state index < -0.39 is 6.10 Å². The van der Waals surface area contributed by atoms with Crippen molar-refractivity contribution in [1.82, 2.24) is 5.32 Å². The Morgan fingerprint density at radius 1 is 1.00 bits per heavy atom. The van der Waals surface area contributed by atoms with Gasteiger partial charge in [-0.25, -0.2) is 0 Å². The summed E-state index contributed by atoms with van der Waals surface area (Å²) < 4.78 is 21.6. The van der Waals surface area contributed by atoms with Gasteiger partial charge in [0.2, 0.25) is 11.7 Å². The van der Waals surface area contributed by atoms with Crippen molar-refractivity contribution >= 4 is 5.91 Å². The second-order valence-electron chi connectivity index (χ2n) is 6.03. The van der Waals surface area contributed by atoms with Gasteiger partial charge in [-0.15, -0.1) is 0 Å². The zero-order chi connectivity index (χ0) is 20.2. The number of ether oxygens (including phenoxy) is 4. The van der Waals surface area contributed by atoms with Gasteiger partial charge in [0.1, 0.15) is 18.5 Å². The first-order chi connectivity index (χ1) is 13.6. The average molecular weight is 389 g/mol. The molecule has 0 spiro atoms. The number of amides is 1. The maximum absolute atomic E-state index is 11.9. The lowest BCUT2D eigenvalue weighted by Crippen LogP contribution is -2.35. The molecule has 0 radical (unpaired) electrons. The number of aliphatic hydroxyl groups excluding tert-OH is 1. The fraction of sp³-hybridized carbons (Fsp3) is 0.381. The molecular weight excluding hydrogens is 362 g/mol. The minimum Gasteiger partial charge on any atom is -0.494 e. The zero-order valence-electron chi connectivity index (χ0n) is 16.2. The summed E-state index contributed by atoms with van der Waals surface area (Å²) in [5, 5.41) is 12.7. The Labute approximate surface area is 165 Å². The lowest BCUT2D eigenvalue weighted by atomic mass is 10.2. The second kappa shape index (κ2) is 11.7. The van der Waals surface area contributed by atoms with E-state index in [1.165, 1.54) is 14.2 Å². The van der Waals surface area contributed by atoms with Gasteiger partial charge in [0.25, 0.3) is 0 Å². The number of methoxy groups -OCH3 is 2. The molecule has 0 saturated carbocycles. The predicted molar refractivity (Wildman–Crippen MR) is 105 cm³/mol. The van der Waals surface area contributed by atoms with E-state index in [0.29, 0.717) is 36.7 Å². The van der Waals surface area contributed by atoms with Gasteiger partial charge in [-0.2, -0.15) is 0 Å². The molecule has 7 nitrogen and oxygen atoms in total. The predicted octanol–water partition coefficient (Wildman–Crippen LogP) is 2.42. The molecule has 1 atom stereocenters. The molecule has 2 rings (SSSR count). The van der Waals surface area contributed by atoms with Crippen LogP contribution in [-0.4, -0.2) is 51.1 Å². The van der Waals surface area contributed by atoms with Crippen LogP contribution in [0.1, 0.15) is 12.8 Å². The van der Waals surface area contributed by atoms with Gasteiger partial charge in [0, 0.05) is 13.0 Å². The number of hydrogen-bond donors (Lipinski definition) is 2. The molecule has 7 heteroatoms. The lowest BCUT2D eigenvalue weighted by Gasteiger charge is -2.17. The van der Waals surface area contributed by atoms with E-state index in [9.17, 15) is 9.90 Å². The van der Waals surface area contributed by atoms with Crippen LogP contribution in [0.15, 0.2) is 48.5 Å². The summed E-state index contributed by atoms with van der Waals surface area (Å²) in [7, 11) is 3.06. The van der Waals surface area contributed by atoms with E-state index in [4.69, 9.17) is 18.9 Å². The van der Waals surface area contributed by atoms with Crippen molar-refractivity contribution in [2.24, 2.45) is 0 Å². The normalized spacial score (nSPS) is 11.4. The first-order valence-corrected chi connectivity index (χ1v) is 9.10. The van der Waals surface area contributed by atoms with E-state index in [1.54, 1.807) is 18.2 Å². The van der Waals surface area contributed by atoms with Gasteiger partial charge >= 0.3 is 0 Å². The largest absolute Gasteiger partial charge is 0.494 e. The highest BCUT2D eigenvalue weighted by Gasteiger charge is 2.14. The number of rotatable bonds is 12. The van der Waals surface area contributed by atoms with Gasteiger partial charge in [0.05, 0.1) is 20.8 Å². The van der Waals surface area contributed by atoms with Crippen molar-refractivity contribution in [2.75, 3.05) is 34.0 Å². The maximum atomic E-state index is 11.9. The van der Waals surface area contributed by atoms with Crippen LogP contribution in [0.25, 0.3) is 0 Å².